The Morgan fingerprint density at radius 1 is 0.968 bits per heavy atom. The molecule has 1 fully saturated rings. The molecular formula is C24H28N2O5. The third-order valence-corrected chi connectivity index (χ3v) is 5.97. The third-order valence-electron chi connectivity index (χ3n) is 5.97. The van der Waals surface area contributed by atoms with E-state index in [9.17, 15) is 9.90 Å². The van der Waals surface area contributed by atoms with Gasteiger partial charge >= 0.3 is 5.63 Å². The molecule has 0 bridgehead atoms. The molecule has 4 rings (SSSR count). The Morgan fingerprint density at radius 2 is 1.68 bits per heavy atom. The van der Waals surface area contributed by atoms with Crippen LogP contribution >= 0.6 is 0 Å². The van der Waals surface area contributed by atoms with Crippen LogP contribution in [-0.4, -0.2) is 61.8 Å². The van der Waals surface area contributed by atoms with Gasteiger partial charge in [-0.05, 0) is 42.4 Å². The number of piperazine rings is 1. The molecule has 3 aromatic rings. The summed E-state index contributed by atoms with van der Waals surface area (Å²) in [5, 5.41) is 11.3. The van der Waals surface area contributed by atoms with Crippen LogP contribution in [-0.2, 0) is 6.54 Å². The fourth-order valence-corrected chi connectivity index (χ4v) is 4.08. The Morgan fingerprint density at radius 3 is 2.35 bits per heavy atom. The van der Waals surface area contributed by atoms with Crippen LogP contribution in [0.3, 0.4) is 0 Å². The molecule has 1 aliphatic rings. The maximum atomic E-state index is 12.9. The minimum atomic E-state index is -0.456. The molecule has 1 aromatic heterocycles. The lowest BCUT2D eigenvalue weighted by atomic mass is 10.0. The van der Waals surface area contributed by atoms with Crippen molar-refractivity contribution in [3.63, 3.8) is 0 Å². The van der Waals surface area contributed by atoms with Crippen molar-refractivity contribution in [3.05, 3.63) is 52.4 Å². The van der Waals surface area contributed by atoms with Gasteiger partial charge in [0.2, 0.25) is 0 Å². The summed E-state index contributed by atoms with van der Waals surface area (Å²) >= 11 is 0. The van der Waals surface area contributed by atoms with Gasteiger partial charge in [-0.15, -0.1) is 0 Å². The number of phenols is 1. The third kappa shape index (κ3) is 4.24. The second-order valence-electron chi connectivity index (χ2n) is 7.71. The summed E-state index contributed by atoms with van der Waals surface area (Å²) in [4.78, 5) is 17.6. The van der Waals surface area contributed by atoms with E-state index in [1.807, 2.05) is 0 Å². The molecule has 0 amide bonds. The number of ether oxygens (including phenoxy) is 2. The van der Waals surface area contributed by atoms with E-state index in [0.717, 1.165) is 38.1 Å². The van der Waals surface area contributed by atoms with Crippen molar-refractivity contribution in [3.8, 4) is 28.4 Å². The van der Waals surface area contributed by atoms with Gasteiger partial charge < -0.3 is 23.9 Å². The fraction of sp³-hybridized carbons (Fsp3) is 0.375. The Bertz CT molecular complexity index is 1130. The molecule has 0 atom stereocenters. The lowest BCUT2D eigenvalue weighted by molar-refractivity contribution is 0.131. The zero-order chi connectivity index (χ0) is 22.0. The van der Waals surface area contributed by atoms with E-state index in [0.29, 0.717) is 40.3 Å². The van der Waals surface area contributed by atoms with Gasteiger partial charge in [0, 0.05) is 38.1 Å². The number of nitrogens with zero attached hydrogens (tertiary/aromatic N) is 2. The van der Waals surface area contributed by atoms with E-state index in [1.54, 1.807) is 50.6 Å². The SMILES string of the molecule is CCN1CCN(Cc2c(O)ccc3cc(-c4ccc(OC)c(OC)c4)c(=O)oc23)CC1. The van der Waals surface area contributed by atoms with Crippen molar-refractivity contribution in [2.24, 2.45) is 0 Å². The fourth-order valence-electron chi connectivity index (χ4n) is 4.08. The Labute approximate surface area is 181 Å². The van der Waals surface area contributed by atoms with Crippen LogP contribution in [0.5, 0.6) is 17.2 Å². The predicted molar refractivity (Wildman–Crippen MR) is 120 cm³/mol. The topological polar surface area (TPSA) is 75.4 Å². The van der Waals surface area contributed by atoms with Crippen molar-refractivity contribution in [2.45, 2.75) is 13.5 Å². The monoisotopic (exact) mass is 424 g/mol. The first-order chi connectivity index (χ1) is 15.0. The normalized spacial score (nSPS) is 15.3. The van der Waals surface area contributed by atoms with Gasteiger partial charge in [0.15, 0.2) is 11.5 Å². The van der Waals surface area contributed by atoms with Crippen molar-refractivity contribution in [2.75, 3.05) is 46.9 Å². The zero-order valence-electron chi connectivity index (χ0n) is 18.2. The van der Waals surface area contributed by atoms with Crippen LogP contribution in [0.4, 0.5) is 0 Å². The van der Waals surface area contributed by atoms with Gasteiger partial charge in [0.1, 0.15) is 11.3 Å². The average Bonchev–Trinajstić information content (AvgIpc) is 2.80. The predicted octanol–water partition coefficient (Wildman–Crippen LogP) is 3.32. The van der Waals surface area contributed by atoms with Gasteiger partial charge in [-0.2, -0.15) is 0 Å². The maximum Gasteiger partial charge on any atom is 0.344 e. The molecule has 2 aromatic carbocycles. The number of phenolic OH excluding ortho intramolecular Hbond substituents is 1. The van der Waals surface area contributed by atoms with Gasteiger partial charge in [0.05, 0.1) is 25.3 Å². The molecule has 1 N–H and O–H groups in total. The molecule has 0 radical (unpaired) electrons. The molecule has 0 unspecified atom stereocenters. The smallest absolute Gasteiger partial charge is 0.344 e. The molecular weight excluding hydrogens is 396 g/mol. The second-order valence-corrected chi connectivity index (χ2v) is 7.71. The van der Waals surface area contributed by atoms with Gasteiger partial charge in [0.25, 0.3) is 0 Å². The van der Waals surface area contributed by atoms with Crippen LogP contribution in [0, 0.1) is 0 Å². The summed E-state index contributed by atoms with van der Waals surface area (Å²) in [6.45, 7) is 7.57. The molecule has 164 valence electrons. The van der Waals surface area contributed by atoms with E-state index >= 15 is 0 Å². The first-order valence-corrected chi connectivity index (χ1v) is 10.5. The van der Waals surface area contributed by atoms with Crippen LogP contribution in [0.2, 0.25) is 0 Å². The highest BCUT2D eigenvalue weighted by atomic mass is 16.5. The second kappa shape index (κ2) is 8.99. The molecule has 0 spiro atoms. The number of methoxy groups -OCH3 is 2. The van der Waals surface area contributed by atoms with Crippen molar-refractivity contribution < 1.29 is 19.0 Å². The largest absolute Gasteiger partial charge is 0.507 e. The highest BCUT2D eigenvalue weighted by molar-refractivity contribution is 5.86. The Balaban J connectivity index is 1.71. The molecule has 7 nitrogen and oxygen atoms in total. The molecule has 31 heavy (non-hydrogen) atoms. The number of fused-ring (bicyclic) bond motifs is 1. The molecule has 0 aliphatic carbocycles. The Hall–Kier alpha value is -3.03. The summed E-state index contributed by atoms with van der Waals surface area (Å²) in [6.07, 6.45) is 0. The summed E-state index contributed by atoms with van der Waals surface area (Å²) in [5.74, 6) is 1.27. The minimum Gasteiger partial charge on any atom is -0.507 e. The average molecular weight is 424 g/mol. The van der Waals surface area contributed by atoms with E-state index in [1.165, 1.54) is 0 Å². The van der Waals surface area contributed by atoms with Gasteiger partial charge in [-0.1, -0.05) is 13.0 Å². The number of hydrogen-bond donors (Lipinski definition) is 1. The molecule has 1 aliphatic heterocycles. The number of rotatable bonds is 6. The summed E-state index contributed by atoms with van der Waals surface area (Å²) < 4.78 is 16.4. The van der Waals surface area contributed by atoms with Crippen LogP contribution in [0.25, 0.3) is 22.1 Å². The lowest BCUT2D eigenvalue weighted by Gasteiger charge is -2.34. The number of benzene rings is 2. The van der Waals surface area contributed by atoms with Gasteiger partial charge in [-0.3, -0.25) is 4.90 Å². The minimum absolute atomic E-state index is 0.146. The molecule has 1 saturated heterocycles. The first-order valence-electron chi connectivity index (χ1n) is 10.5. The van der Waals surface area contributed by atoms with E-state index in [2.05, 4.69) is 16.7 Å². The molecule has 0 saturated carbocycles. The number of aromatic hydroxyl groups is 1. The van der Waals surface area contributed by atoms with Crippen molar-refractivity contribution in [1.82, 2.24) is 9.80 Å². The van der Waals surface area contributed by atoms with Crippen LogP contribution in [0.1, 0.15) is 12.5 Å². The van der Waals surface area contributed by atoms with Crippen molar-refractivity contribution in [1.29, 1.82) is 0 Å². The highest BCUT2D eigenvalue weighted by Crippen LogP contribution is 2.34. The Kier molecular flexibility index (Phi) is 6.15. The summed E-state index contributed by atoms with van der Waals surface area (Å²) in [7, 11) is 3.12. The highest BCUT2D eigenvalue weighted by Gasteiger charge is 2.20. The van der Waals surface area contributed by atoms with Crippen LogP contribution < -0.4 is 15.1 Å². The summed E-state index contributed by atoms with van der Waals surface area (Å²) in [5.41, 5.74) is 1.74. The zero-order valence-corrected chi connectivity index (χ0v) is 18.2. The maximum absolute atomic E-state index is 12.9. The van der Waals surface area contributed by atoms with Gasteiger partial charge in [-0.25, -0.2) is 4.79 Å². The number of likely N-dealkylation sites (N-methyl/N-ethyl adjacent to an activating group) is 1. The first kappa shape index (κ1) is 21.2. The van der Waals surface area contributed by atoms with E-state index in [-0.39, 0.29) is 5.75 Å². The van der Waals surface area contributed by atoms with Crippen molar-refractivity contribution >= 4 is 11.0 Å². The lowest BCUT2D eigenvalue weighted by Crippen LogP contribution is -2.45. The number of hydrogen-bond acceptors (Lipinski definition) is 7. The quantitative estimate of drug-likeness (QED) is 0.609. The molecule has 2 heterocycles. The van der Waals surface area contributed by atoms with E-state index in [4.69, 9.17) is 13.9 Å². The summed E-state index contributed by atoms with van der Waals surface area (Å²) in [6, 6.07) is 10.6. The molecule has 7 heteroatoms. The standard InChI is InChI=1S/C24H28N2O5/c1-4-25-9-11-26(12-10-25)15-19-20(27)7-5-17-13-18(24(28)31-23(17)19)16-6-8-21(29-2)22(14-16)30-3/h5-8,13-14,27H,4,9-12,15H2,1-3H3. The van der Waals surface area contributed by atoms with E-state index < -0.39 is 5.63 Å². The van der Waals surface area contributed by atoms with Crippen LogP contribution in [0.15, 0.2) is 45.6 Å².